The van der Waals surface area contributed by atoms with Gasteiger partial charge in [0.15, 0.2) is 0 Å². The Hall–Kier alpha value is -2.38. The zero-order valence-corrected chi connectivity index (χ0v) is 14.6. The SMILES string of the molecule is COc1ccccc1C(=O)N(C)C(C)c1ccc(S(N)(=O)=O)cc1. The number of ether oxygens (including phenoxy) is 1. The van der Waals surface area contributed by atoms with Crippen molar-refractivity contribution in [2.45, 2.75) is 17.9 Å². The van der Waals surface area contributed by atoms with E-state index in [0.717, 1.165) is 5.56 Å². The maximum Gasteiger partial charge on any atom is 0.257 e. The smallest absolute Gasteiger partial charge is 0.257 e. The fourth-order valence-electron chi connectivity index (χ4n) is 2.35. The molecule has 0 fully saturated rings. The van der Waals surface area contributed by atoms with E-state index in [0.29, 0.717) is 11.3 Å². The van der Waals surface area contributed by atoms with Crippen molar-refractivity contribution in [1.29, 1.82) is 0 Å². The van der Waals surface area contributed by atoms with E-state index in [9.17, 15) is 13.2 Å². The lowest BCUT2D eigenvalue weighted by molar-refractivity contribution is 0.0739. The number of methoxy groups -OCH3 is 1. The molecule has 1 unspecified atom stereocenters. The fraction of sp³-hybridized carbons (Fsp3) is 0.235. The number of primary sulfonamides is 1. The zero-order chi connectivity index (χ0) is 17.9. The van der Waals surface area contributed by atoms with Crippen molar-refractivity contribution < 1.29 is 17.9 Å². The molecule has 24 heavy (non-hydrogen) atoms. The second kappa shape index (κ2) is 7.02. The quantitative estimate of drug-likeness (QED) is 0.897. The molecule has 0 aliphatic carbocycles. The number of carbonyl (C=O) groups excluding carboxylic acids is 1. The van der Waals surface area contributed by atoms with Gasteiger partial charge >= 0.3 is 0 Å². The van der Waals surface area contributed by atoms with Gasteiger partial charge in [-0.1, -0.05) is 24.3 Å². The van der Waals surface area contributed by atoms with Gasteiger partial charge in [0.25, 0.3) is 5.91 Å². The topological polar surface area (TPSA) is 89.7 Å². The zero-order valence-electron chi connectivity index (χ0n) is 13.8. The Morgan fingerprint density at radius 3 is 2.25 bits per heavy atom. The van der Waals surface area contributed by atoms with Crippen LogP contribution in [0.2, 0.25) is 0 Å². The molecular weight excluding hydrogens is 328 g/mol. The number of rotatable bonds is 5. The van der Waals surface area contributed by atoms with Gasteiger partial charge in [0.05, 0.1) is 23.6 Å². The van der Waals surface area contributed by atoms with Gasteiger partial charge in [0.2, 0.25) is 10.0 Å². The Kier molecular flexibility index (Phi) is 5.26. The Morgan fingerprint density at radius 2 is 1.71 bits per heavy atom. The van der Waals surface area contributed by atoms with Crippen LogP contribution in [0, 0.1) is 0 Å². The van der Waals surface area contributed by atoms with E-state index in [1.807, 2.05) is 6.92 Å². The van der Waals surface area contributed by atoms with Crippen molar-refractivity contribution in [3.8, 4) is 5.75 Å². The highest BCUT2D eigenvalue weighted by Gasteiger charge is 2.22. The summed E-state index contributed by atoms with van der Waals surface area (Å²) in [7, 11) is -0.528. The van der Waals surface area contributed by atoms with Crippen LogP contribution < -0.4 is 9.88 Å². The van der Waals surface area contributed by atoms with Crippen molar-refractivity contribution in [2.24, 2.45) is 5.14 Å². The average Bonchev–Trinajstić information content (AvgIpc) is 2.59. The Bertz CT molecular complexity index is 832. The Balaban J connectivity index is 2.25. The first-order valence-corrected chi connectivity index (χ1v) is 8.83. The highest BCUT2D eigenvalue weighted by molar-refractivity contribution is 7.89. The molecule has 1 amide bonds. The minimum Gasteiger partial charge on any atom is -0.496 e. The molecule has 6 nitrogen and oxygen atoms in total. The van der Waals surface area contributed by atoms with Crippen LogP contribution >= 0.6 is 0 Å². The highest BCUT2D eigenvalue weighted by Crippen LogP contribution is 2.25. The summed E-state index contributed by atoms with van der Waals surface area (Å²) in [5.41, 5.74) is 1.27. The van der Waals surface area contributed by atoms with Crippen LogP contribution in [-0.4, -0.2) is 33.4 Å². The fourth-order valence-corrected chi connectivity index (χ4v) is 2.86. The second-order valence-corrected chi connectivity index (χ2v) is 6.97. The third-order valence-corrected chi connectivity index (χ3v) is 4.86. The Labute approximate surface area is 141 Å². The summed E-state index contributed by atoms with van der Waals surface area (Å²) in [5.74, 6) is 0.321. The van der Waals surface area contributed by atoms with Crippen molar-refractivity contribution >= 4 is 15.9 Å². The molecule has 0 aromatic heterocycles. The number of sulfonamides is 1. The third-order valence-electron chi connectivity index (χ3n) is 3.93. The largest absolute Gasteiger partial charge is 0.496 e. The van der Waals surface area contributed by atoms with E-state index < -0.39 is 10.0 Å². The van der Waals surface area contributed by atoms with E-state index in [2.05, 4.69) is 0 Å². The molecule has 1 atom stereocenters. The molecular formula is C17H20N2O4S. The van der Waals surface area contributed by atoms with Crippen LogP contribution in [0.15, 0.2) is 53.4 Å². The molecule has 2 aromatic rings. The van der Waals surface area contributed by atoms with E-state index in [4.69, 9.17) is 9.88 Å². The van der Waals surface area contributed by atoms with Gasteiger partial charge in [-0.15, -0.1) is 0 Å². The van der Waals surface area contributed by atoms with E-state index in [1.54, 1.807) is 48.3 Å². The molecule has 0 saturated carbocycles. The van der Waals surface area contributed by atoms with Gasteiger partial charge < -0.3 is 9.64 Å². The summed E-state index contributed by atoms with van der Waals surface area (Å²) < 4.78 is 27.8. The van der Waals surface area contributed by atoms with Crippen LogP contribution in [0.3, 0.4) is 0 Å². The number of carbonyl (C=O) groups is 1. The summed E-state index contributed by atoms with van der Waals surface area (Å²) in [5, 5.41) is 5.09. The van der Waals surface area contributed by atoms with Crippen LogP contribution in [0.5, 0.6) is 5.75 Å². The minimum absolute atomic E-state index is 0.0390. The lowest BCUT2D eigenvalue weighted by Gasteiger charge is -2.26. The number of benzene rings is 2. The molecule has 0 heterocycles. The molecule has 2 N–H and O–H groups in total. The average molecular weight is 348 g/mol. The third kappa shape index (κ3) is 3.74. The van der Waals surface area contributed by atoms with Crippen LogP contribution in [0.4, 0.5) is 0 Å². The van der Waals surface area contributed by atoms with Crippen LogP contribution in [0.1, 0.15) is 28.9 Å². The number of para-hydroxylation sites is 1. The molecule has 0 bridgehead atoms. The van der Waals surface area contributed by atoms with E-state index in [-0.39, 0.29) is 16.8 Å². The van der Waals surface area contributed by atoms with Crippen molar-refractivity contribution in [3.05, 3.63) is 59.7 Å². The number of amides is 1. The monoisotopic (exact) mass is 348 g/mol. The maximum atomic E-state index is 12.7. The maximum absolute atomic E-state index is 12.7. The molecule has 0 aliphatic rings. The summed E-state index contributed by atoms with van der Waals surface area (Å²) in [6, 6.07) is 12.9. The summed E-state index contributed by atoms with van der Waals surface area (Å²) in [6.45, 7) is 1.86. The van der Waals surface area contributed by atoms with Crippen LogP contribution in [0.25, 0.3) is 0 Å². The van der Waals surface area contributed by atoms with Gasteiger partial charge in [0.1, 0.15) is 5.75 Å². The first kappa shape index (κ1) is 18.0. The molecule has 2 rings (SSSR count). The predicted molar refractivity (Wildman–Crippen MR) is 91.3 cm³/mol. The molecule has 0 spiro atoms. The molecule has 0 aliphatic heterocycles. The predicted octanol–water partition coefficient (Wildman–Crippen LogP) is 2.18. The van der Waals surface area contributed by atoms with E-state index in [1.165, 1.54) is 19.2 Å². The number of hydrogen-bond donors (Lipinski definition) is 1. The van der Waals surface area contributed by atoms with Crippen molar-refractivity contribution in [2.75, 3.05) is 14.2 Å². The van der Waals surface area contributed by atoms with Gasteiger partial charge in [-0.25, -0.2) is 13.6 Å². The summed E-state index contributed by atoms with van der Waals surface area (Å²) in [6.07, 6.45) is 0. The van der Waals surface area contributed by atoms with Crippen molar-refractivity contribution in [1.82, 2.24) is 4.90 Å². The molecule has 0 radical (unpaired) electrons. The normalized spacial score (nSPS) is 12.5. The van der Waals surface area contributed by atoms with Gasteiger partial charge in [-0.2, -0.15) is 0 Å². The van der Waals surface area contributed by atoms with Crippen LogP contribution in [-0.2, 0) is 10.0 Å². The lowest BCUT2D eigenvalue weighted by Crippen LogP contribution is -2.30. The number of nitrogens with two attached hydrogens (primary N) is 1. The van der Waals surface area contributed by atoms with E-state index >= 15 is 0 Å². The molecule has 2 aromatic carbocycles. The second-order valence-electron chi connectivity index (χ2n) is 5.41. The van der Waals surface area contributed by atoms with Gasteiger partial charge in [-0.3, -0.25) is 4.79 Å². The number of nitrogens with zero attached hydrogens (tertiary/aromatic N) is 1. The van der Waals surface area contributed by atoms with Crippen molar-refractivity contribution in [3.63, 3.8) is 0 Å². The molecule has 7 heteroatoms. The number of hydrogen-bond acceptors (Lipinski definition) is 4. The summed E-state index contributed by atoms with van der Waals surface area (Å²) >= 11 is 0. The van der Waals surface area contributed by atoms with Gasteiger partial charge in [0, 0.05) is 7.05 Å². The molecule has 0 saturated heterocycles. The first-order chi connectivity index (χ1) is 11.3. The first-order valence-electron chi connectivity index (χ1n) is 7.28. The highest BCUT2D eigenvalue weighted by atomic mass is 32.2. The molecule has 128 valence electrons. The van der Waals surface area contributed by atoms with Gasteiger partial charge in [-0.05, 0) is 36.8 Å². The standard InChI is InChI=1S/C17H20N2O4S/c1-12(13-8-10-14(11-9-13)24(18,21)22)19(2)17(20)15-6-4-5-7-16(15)23-3/h4-12H,1-3H3,(H2,18,21,22). The Morgan fingerprint density at radius 1 is 1.12 bits per heavy atom. The lowest BCUT2D eigenvalue weighted by atomic mass is 10.1. The summed E-state index contributed by atoms with van der Waals surface area (Å²) in [4.78, 5) is 14.3. The minimum atomic E-state index is -3.73.